The zero-order valence-corrected chi connectivity index (χ0v) is 16.7. The lowest BCUT2D eigenvalue weighted by molar-refractivity contribution is -0.121. The van der Waals surface area contributed by atoms with E-state index in [1.807, 2.05) is 6.92 Å². The summed E-state index contributed by atoms with van der Waals surface area (Å²) < 4.78 is 25.2. The summed E-state index contributed by atoms with van der Waals surface area (Å²) in [6, 6.07) is 3.45. The van der Waals surface area contributed by atoms with Crippen molar-refractivity contribution in [1.82, 2.24) is 14.6 Å². The molecule has 0 aromatic carbocycles. The van der Waals surface area contributed by atoms with Gasteiger partial charge in [0.1, 0.15) is 4.90 Å². The number of nitrogens with one attached hydrogen (secondary N) is 1. The fourth-order valence-corrected chi connectivity index (χ4v) is 4.42. The van der Waals surface area contributed by atoms with Crippen LogP contribution in [0.5, 0.6) is 0 Å². The maximum Gasteiger partial charge on any atom is 0.244 e. The van der Waals surface area contributed by atoms with Crippen LogP contribution in [-0.4, -0.2) is 49.0 Å². The fourth-order valence-electron chi connectivity index (χ4n) is 2.78. The van der Waals surface area contributed by atoms with Gasteiger partial charge in [0.25, 0.3) is 0 Å². The van der Waals surface area contributed by atoms with Crippen LogP contribution in [0.1, 0.15) is 45.4 Å². The summed E-state index contributed by atoms with van der Waals surface area (Å²) >= 11 is 1.34. The largest absolute Gasteiger partial charge is 0.352 e. The number of thioether (sulfide) groups is 1. The van der Waals surface area contributed by atoms with Crippen molar-refractivity contribution in [2.24, 2.45) is 0 Å². The zero-order chi connectivity index (χ0) is 18.4. The van der Waals surface area contributed by atoms with Crippen LogP contribution < -0.4 is 5.32 Å². The quantitative estimate of drug-likeness (QED) is 0.601. The van der Waals surface area contributed by atoms with E-state index in [0.29, 0.717) is 5.03 Å². The number of hydrogen-bond acceptors (Lipinski definition) is 5. The van der Waals surface area contributed by atoms with E-state index in [1.54, 1.807) is 6.07 Å². The highest BCUT2D eigenvalue weighted by Crippen LogP contribution is 2.24. The first-order valence-electron chi connectivity index (χ1n) is 8.66. The Morgan fingerprint density at radius 1 is 1.24 bits per heavy atom. The summed E-state index contributed by atoms with van der Waals surface area (Å²) in [5, 5.41) is 3.51. The molecule has 0 aliphatic heterocycles. The molecule has 8 heteroatoms. The van der Waals surface area contributed by atoms with Gasteiger partial charge in [0, 0.05) is 26.3 Å². The molecule has 2 rings (SSSR count). The number of pyridine rings is 1. The third-order valence-corrected chi connectivity index (χ3v) is 7.21. The summed E-state index contributed by atoms with van der Waals surface area (Å²) in [7, 11) is -0.511. The van der Waals surface area contributed by atoms with E-state index in [1.165, 1.54) is 63.8 Å². The second-order valence-corrected chi connectivity index (χ2v) is 10.1. The average Bonchev–Trinajstić information content (AvgIpc) is 2.83. The Morgan fingerprint density at radius 2 is 1.88 bits per heavy atom. The molecule has 1 saturated carbocycles. The van der Waals surface area contributed by atoms with E-state index < -0.39 is 10.0 Å². The molecule has 1 aliphatic rings. The zero-order valence-electron chi connectivity index (χ0n) is 15.1. The van der Waals surface area contributed by atoms with Gasteiger partial charge < -0.3 is 5.32 Å². The number of nitrogens with zero attached hydrogens (tertiary/aromatic N) is 2. The highest BCUT2D eigenvalue weighted by Gasteiger charge is 2.21. The molecule has 1 heterocycles. The second kappa shape index (κ2) is 9.00. The Labute approximate surface area is 154 Å². The molecule has 0 saturated heterocycles. The van der Waals surface area contributed by atoms with E-state index in [0.717, 1.165) is 17.1 Å². The van der Waals surface area contributed by atoms with Gasteiger partial charge in [-0.15, -0.1) is 0 Å². The maximum atomic E-state index is 12.4. The predicted octanol–water partition coefficient (Wildman–Crippen LogP) is 2.65. The van der Waals surface area contributed by atoms with Gasteiger partial charge in [-0.25, -0.2) is 17.7 Å². The first-order chi connectivity index (χ1) is 11.8. The number of hydrogen-bond donors (Lipinski definition) is 1. The molecule has 1 aromatic rings. The summed E-state index contributed by atoms with van der Waals surface area (Å²) in [6.07, 6.45) is 8.31. The average molecular weight is 386 g/mol. The molecule has 25 heavy (non-hydrogen) atoms. The normalized spacial score (nSPS) is 17.9. The van der Waals surface area contributed by atoms with E-state index in [9.17, 15) is 13.2 Å². The Balaban J connectivity index is 1.93. The van der Waals surface area contributed by atoms with Crippen molar-refractivity contribution in [3.05, 3.63) is 18.3 Å². The maximum absolute atomic E-state index is 12.4. The van der Waals surface area contributed by atoms with Gasteiger partial charge >= 0.3 is 0 Å². The molecular formula is C17H27N3O3S2. The van der Waals surface area contributed by atoms with Crippen LogP contribution in [0.2, 0.25) is 0 Å². The number of amides is 1. The smallest absolute Gasteiger partial charge is 0.244 e. The predicted molar refractivity (Wildman–Crippen MR) is 100 cm³/mol. The van der Waals surface area contributed by atoms with Crippen LogP contribution in [0.4, 0.5) is 0 Å². The van der Waals surface area contributed by atoms with Gasteiger partial charge in [0.2, 0.25) is 15.9 Å². The van der Waals surface area contributed by atoms with Crippen molar-refractivity contribution in [2.45, 2.75) is 66.7 Å². The van der Waals surface area contributed by atoms with E-state index in [-0.39, 0.29) is 22.1 Å². The molecule has 1 amide bonds. The van der Waals surface area contributed by atoms with Crippen LogP contribution in [0.15, 0.2) is 28.3 Å². The Bertz CT molecular complexity index is 667. The van der Waals surface area contributed by atoms with E-state index in [4.69, 9.17) is 0 Å². The molecule has 0 bridgehead atoms. The van der Waals surface area contributed by atoms with Crippen LogP contribution in [-0.2, 0) is 14.8 Å². The number of rotatable bonds is 6. The molecule has 0 radical (unpaired) electrons. The summed E-state index contributed by atoms with van der Waals surface area (Å²) in [6.45, 7) is 1.85. The molecule has 1 aliphatic carbocycles. The SMILES string of the molecule is C[C@@H](Sc1ccc(S(=O)(=O)N(C)C)cn1)C(=O)NC1CCCCCC1. The van der Waals surface area contributed by atoms with Gasteiger partial charge in [-0.1, -0.05) is 37.4 Å². The highest BCUT2D eigenvalue weighted by molar-refractivity contribution is 8.00. The lowest BCUT2D eigenvalue weighted by Gasteiger charge is -2.19. The Kier molecular flexibility index (Phi) is 7.27. The molecule has 140 valence electrons. The van der Waals surface area contributed by atoms with Crippen molar-refractivity contribution in [3.63, 3.8) is 0 Å². The van der Waals surface area contributed by atoms with Crippen LogP contribution in [0, 0.1) is 0 Å². The van der Waals surface area contributed by atoms with Crippen molar-refractivity contribution in [2.75, 3.05) is 14.1 Å². The van der Waals surface area contributed by atoms with Crippen molar-refractivity contribution >= 4 is 27.7 Å². The third-order valence-electron chi connectivity index (χ3n) is 4.36. The van der Waals surface area contributed by atoms with Gasteiger partial charge in [-0.05, 0) is 31.9 Å². The van der Waals surface area contributed by atoms with Gasteiger partial charge in [-0.3, -0.25) is 4.79 Å². The minimum atomic E-state index is -3.48. The lowest BCUT2D eigenvalue weighted by atomic mass is 10.1. The molecule has 6 nitrogen and oxygen atoms in total. The van der Waals surface area contributed by atoms with Crippen LogP contribution >= 0.6 is 11.8 Å². The van der Waals surface area contributed by atoms with Crippen LogP contribution in [0.3, 0.4) is 0 Å². The molecular weight excluding hydrogens is 358 g/mol. The van der Waals surface area contributed by atoms with Gasteiger partial charge in [-0.2, -0.15) is 0 Å². The third kappa shape index (κ3) is 5.69. The number of sulfonamides is 1. The van der Waals surface area contributed by atoms with Crippen molar-refractivity contribution < 1.29 is 13.2 Å². The van der Waals surface area contributed by atoms with Crippen molar-refractivity contribution in [1.29, 1.82) is 0 Å². The minimum Gasteiger partial charge on any atom is -0.352 e. The van der Waals surface area contributed by atoms with Gasteiger partial charge in [0.15, 0.2) is 0 Å². The topological polar surface area (TPSA) is 79.4 Å². The first-order valence-corrected chi connectivity index (χ1v) is 11.0. The number of carbonyl (C=O) groups excluding carboxylic acids is 1. The fraction of sp³-hybridized carbons (Fsp3) is 0.647. The summed E-state index contributed by atoms with van der Waals surface area (Å²) in [4.78, 5) is 16.7. The molecule has 1 fully saturated rings. The van der Waals surface area contributed by atoms with Crippen LogP contribution in [0.25, 0.3) is 0 Å². The first kappa shape index (κ1) is 20.2. The highest BCUT2D eigenvalue weighted by atomic mass is 32.2. The second-order valence-electron chi connectivity index (χ2n) is 6.58. The lowest BCUT2D eigenvalue weighted by Crippen LogP contribution is -2.39. The van der Waals surface area contributed by atoms with Crippen molar-refractivity contribution in [3.8, 4) is 0 Å². The molecule has 1 aromatic heterocycles. The molecule has 0 spiro atoms. The minimum absolute atomic E-state index is 0.0173. The Morgan fingerprint density at radius 3 is 2.40 bits per heavy atom. The Hall–Kier alpha value is -1.12. The molecule has 1 atom stereocenters. The monoisotopic (exact) mass is 385 g/mol. The number of aromatic nitrogens is 1. The van der Waals surface area contributed by atoms with Gasteiger partial charge in [0.05, 0.1) is 10.3 Å². The molecule has 1 N–H and O–H groups in total. The standard InChI is InChI=1S/C17H27N3O3S2/c1-13(17(21)19-14-8-6-4-5-7-9-14)24-16-11-10-15(12-18-16)25(22,23)20(2)3/h10-14H,4-9H2,1-3H3,(H,19,21)/t13-/m1/s1. The summed E-state index contributed by atoms with van der Waals surface area (Å²) in [5.74, 6) is 0.0173. The summed E-state index contributed by atoms with van der Waals surface area (Å²) in [5.41, 5.74) is 0. The van der Waals surface area contributed by atoms with E-state index >= 15 is 0 Å². The number of carbonyl (C=O) groups is 1. The molecule has 0 unspecified atom stereocenters. The van der Waals surface area contributed by atoms with E-state index in [2.05, 4.69) is 10.3 Å².